The lowest BCUT2D eigenvalue weighted by Crippen LogP contribution is -2.45. The number of ether oxygens (including phenoxy) is 1. The van der Waals surface area contributed by atoms with Gasteiger partial charge in [-0.15, -0.1) is 6.58 Å². The van der Waals surface area contributed by atoms with Crippen LogP contribution in [0.25, 0.3) is 0 Å². The van der Waals surface area contributed by atoms with E-state index >= 15 is 0 Å². The zero-order chi connectivity index (χ0) is 14.1. The molecule has 5 heteroatoms. The molecule has 1 rings (SSSR count). The van der Waals surface area contributed by atoms with Gasteiger partial charge >= 0.3 is 5.97 Å². The number of carbonyl (C=O) groups is 2. The lowest BCUT2D eigenvalue weighted by molar-refractivity contribution is -0.150. The second-order valence-corrected chi connectivity index (χ2v) is 4.73. The summed E-state index contributed by atoms with van der Waals surface area (Å²) in [6, 6.07) is -0.389. The fraction of sp³-hybridized carbons (Fsp3) is 0.714. The van der Waals surface area contributed by atoms with Crippen LogP contribution in [-0.2, 0) is 14.3 Å². The van der Waals surface area contributed by atoms with Crippen LogP contribution in [0.3, 0.4) is 0 Å². The first kappa shape index (κ1) is 15.7. The summed E-state index contributed by atoms with van der Waals surface area (Å²) in [4.78, 5) is 25.2. The summed E-state index contributed by atoms with van der Waals surface area (Å²) in [7, 11) is 1.36. The van der Waals surface area contributed by atoms with E-state index < -0.39 is 0 Å². The lowest BCUT2D eigenvalue weighted by atomic mass is 10.2. The Morgan fingerprint density at radius 3 is 2.95 bits per heavy atom. The van der Waals surface area contributed by atoms with Gasteiger partial charge in [0.05, 0.1) is 13.7 Å². The molecule has 0 bridgehead atoms. The summed E-state index contributed by atoms with van der Waals surface area (Å²) in [6.45, 7) is 5.43. The quantitative estimate of drug-likeness (QED) is 0.407. The molecule has 0 aromatic heterocycles. The van der Waals surface area contributed by atoms with Crippen LogP contribution in [-0.4, -0.2) is 49.6 Å². The van der Waals surface area contributed by atoms with Gasteiger partial charge < -0.3 is 15.0 Å². The van der Waals surface area contributed by atoms with E-state index in [4.69, 9.17) is 4.74 Å². The number of carbonyl (C=O) groups excluding carboxylic acids is 2. The highest BCUT2D eigenvalue weighted by Gasteiger charge is 2.34. The molecule has 1 N–H and O–H groups in total. The van der Waals surface area contributed by atoms with E-state index in [0.29, 0.717) is 19.5 Å². The van der Waals surface area contributed by atoms with E-state index in [1.807, 2.05) is 6.08 Å². The molecule has 108 valence electrons. The SMILES string of the molecule is C=CCCCCNCC(=O)N1CCCC1C(=O)OC. The van der Waals surface area contributed by atoms with Gasteiger partial charge in [-0.25, -0.2) is 4.79 Å². The van der Waals surface area contributed by atoms with Crippen molar-refractivity contribution in [1.82, 2.24) is 10.2 Å². The highest BCUT2D eigenvalue weighted by molar-refractivity contribution is 5.86. The van der Waals surface area contributed by atoms with Crippen molar-refractivity contribution in [3.63, 3.8) is 0 Å². The smallest absolute Gasteiger partial charge is 0.328 e. The Bertz CT molecular complexity index is 318. The van der Waals surface area contributed by atoms with Crippen LogP contribution in [0.2, 0.25) is 0 Å². The highest BCUT2D eigenvalue weighted by Crippen LogP contribution is 2.18. The average molecular weight is 268 g/mol. The van der Waals surface area contributed by atoms with Crippen molar-refractivity contribution in [2.75, 3.05) is 26.7 Å². The van der Waals surface area contributed by atoms with Crippen molar-refractivity contribution in [3.05, 3.63) is 12.7 Å². The largest absolute Gasteiger partial charge is 0.467 e. The second kappa shape index (κ2) is 8.69. The van der Waals surface area contributed by atoms with Crippen LogP contribution in [0, 0.1) is 0 Å². The van der Waals surface area contributed by atoms with Gasteiger partial charge in [-0.1, -0.05) is 6.08 Å². The van der Waals surface area contributed by atoms with Crippen LogP contribution < -0.4 is 5.32 Å². The maximum absolute atomic E-state index is 12.0. The molecule has 1 heterocycles. The van der Waals surface area contributed by atoms with E-state index in [1.54, 1.807) is 4.90 Å². The molecule has 0 aromatic carbocycles. The first-order valence-corrected chi connectivity index (χ1v) is 6.89. The molecule has 0 saturated carbocycles. The zero-order valence-electron chi connectivity index (χ0n) is 11.7. The van der Waals surface area contributed by atoms with E-state index in [-0.39, 0.29) is 17.9 Å². The number of methoxy groups -OCH3 is 1. The number of amides is 1. The maximum atomic E-state index is 12.0. The summed E-state index contributed by atoms with van der Waals surface area (Å²) in [5, 5.41) is 3.12. The van der Waals surface area contributed by atoms with Crippen LogP contribution >= 0.6 is 0 Å². The highest BCUT2D eigenvalue weighted by atomic mass is 16.5. The Morgan fingerprint density at radius 2 is 2.26 bits per heavy atom. The molecule has 19 heavy (non-hydrogen) atoms. The number of esters is 1. The Hall–Kier alpha value is -1.36. The van der Waals surface area contributed by atoms with E-state index in [2.05, 4.69) is 11.9 Å². The maximum Gasteiger partial charge on any atom is 0.328 e. The zero-order valence-corrected chi connectivity index (χ0v) is 11.7. The minimum atomic E-state index is -0.389. The third-order valence-electron chi connectivity index (χ3n) is 3.33. The lowest BCUT2D eigenvalue weighted by Gasteiger charge is -2.22. The van der Waals surface area contributed by atoms with Crippen molar-refractivity contribution in [3.8, 4) is 0 Å². The number of nitrogens with one attached hydrogen (secondary N) is 1. The van der Waals surface area contributed by atoms with Gasteiger partial charge in [-0.2, -0.15) is 0 Å². The Balaban J connectivity index is 2.24. The molecule has 1 fully saturated rings. The molecule has 1 aliphatic rings. The van der Waals surface area contributed by atoms with E-state index in [0.717, 1.165) is 32.2 Å². The fourth-order valence-corrected chi connectivity index (χ4v) is 2.28. The Labute approximate surface area is 115 Å². The number of hydrogen-bond acceptors (Lipinski definition) is 4. The topological polar surface area (TPSA) is 58.6 Å². The molecule has 0 aliphatic carbocycles. The monoisotopic (exact) mass is 268 g/mol. The minimum absolute atomic E-state index is 0.0170. The Morgan fingerprint density at radius 1 is 1.47 bits per heavy atom. The van der Waals surface area contributed by atoms with Gasteiger partial charge in [0, 0.05) is 6.54 Å². The van der Waals surface area contributed by atoms with Crippen molar-refractivity contribution in [2.45, 2.75) is 38.1 Å². The van der Waals surface area contributed by atoms with Gasteiger partial charge in [0.1, 0.15) is 6.04 Å². The number of hydrogen-bond donors (Lipinski definition) is 1. The first-order valence-electron chi connectivity index (χ1n) is 6.89. The third kappa shape index (κ3) is 5.03. The molecular formula is C14H24N2O3. The predicted octanol–water partition coefficient (Wildman–Crippen LogP) is 1.10. The second-order valence-electron chi connectivity index (χ2n) is 4.73. The van der Waals surface area contributed by atoms with Crippen LogP contribution in [0.1, 0.15) is 32.1 Å². The average Bonchev–Trinajstić information content (AvgIpc) is 2.91. The first-order chi connectivity index (χ1) is 9.20. The Kier molecular flexibility index (Phi) is 7.18. The summed E-state index contributed by atoms with van der Waals surface area (Å²) in [6.07, 6.45) is 6.59. The van der Waals surface area contributed by atoms with Crippen molar-refractivity contribution < 1.29 is 14.3 Å². The molecule has 1 saturated heterocycles. The van der Waals surface area contributed by atoms with Gasteiger partial charge in [-0.3, -0.25) is 4.79 Å². The molecule has 1 unspecified atom stereocenters. The van der Waals surface area contributed by atoms with Gasteiger partial charge in [0.25, 0.3) is 0 Å². The van der Waals surface area contributed by atoms with Crippen LogP contribution in [0.15, 0.2) is 12.7 Å². The van der Waals surface area contributed by atoms with Gasteiger partial charge in [-0.05, 0) is 38.6 Å². The summed E-state index contributed by atoms with van der Waals surface area (Å²) in [5.41, 5.74) is 0. The predicted molar refractivity (Wildman–Crippen MR) is 73.7 cm³/mol. The van der Waals surface area contributed by atoms with Gasteiger partial charge in [0.15, 0.2) is 0 Å². The fourth-order valence-electron chi connectivity index (χ4n) is 2.28. The van der Waals surface area contributed by atoms with Crippen LogP contribution in [0.4, 0.5) is 0 Å². The number of unbranched alkanes of at least 4 members (excludes halogenated alkanes) is 2. The van der Waals surface area contributed by atoms with E-state index in [1.165, 1.54) is 7.11 Å². The number of allylic oxidation sites excluding steroid dienone is 1. The summed E-state index contributed by atoms with van der Waals surface area (Å²) < 4.78 is 4.72. The molecule has 0 radical (unpaired) electrons. The summed E-state index contributed by atoms with van der Waals surface area (Å²) >= 11 is 0. The number of nitrogens with zero attached hydrogens (tertiary/aromatic N) is 1. The standard InChI is InChI=1S/C14H24N2O3/c1-3-4-5-6-9-15-11-13(17)16-10-7-8-12(16)14(18)19-2/h3,12,15H,1,4-11H2,2H3. The molecule has 1 atom stereocenters. The third-order valence-corrected chi connectivity index (χ3v) is 3.33. The molecule has 0 spiro atoms. The molecule has 5 nitrogen and oxygen atoms in total. The number of likely N-dealkylation sites (tertiary alicyclic amines) is 1. The molecule has 1 amide bonds. The van der Waals surface area contributed by atoms with Crippen LogP contribution in [0.5, 0.6) is 0 Å². The van der Waals surface area contributed by atoms with E-state index in [9.17, 15) is 9.59 Å². The van der Waals surface area contributed by atoms with Crippen molar-refractivity contribution >= 4 is 11.9 Å². The normalized spacial score (nSPS) is 18.4. The van der Waals surface area contributed by atoms with Gasteiger partial charge in [0.2, 0.25) is 5.91 Å². The van der Waals surface area contributed by atoms with Crippen molar-refractivity contribution in [2.24, 2.45) is 0 Å². The molecule has 0 aromatic rings. The minimum Gasteiger partial charge on any atom is -0.467 e. The molecule has 1 aliphatic heterocycles. The number of rotatable bonds is 8. The van der Waals surface area contributed by atoms with Crippen molar-refractivity contribution in [1.29, 1.82) is 0 Å². The summed E-state index contributed by atoms with van der Waals surface area (Å²) in [5.74, 6) is -0.326. The molecular weight excluding hydrogens is 244 g/mol.